The molecule has 27 heavy (non-hydrogen) atoms. The van der Waals surface area contributed by atoms with E-state index in [-0.39, 0.29) is 6.61 Å². The standard InChI is InChI=1S/C19H25NO7/c1-19(2,3)27-18(24)20-15(17(23)25-4)10-14(21)11-16(22)26-12-13-8-6-5-7-9-13/h5-9,15H,10-12H2,1-4H3,(H,20,24). The number of hydrogen-bond donors (Lipinski definition) is 1. The number of ether oxygens (including phenoxy) is 3. The summed E-state index contributed by atoms with van der Waals surface area (Å²) in [5, 5.41) is 2.28. The molecular weight excluding hydrogens is 354 g/mol. The predicted molar refractivity (Wildman–Crippen MR) is 95.7 cm³/mol. The van der Waals surface area contributed by atoms with Crippen LogP contribution in [0.25, 0.3) is 0 Å². The molecule has 0 aliphatic rings. The van der Waals surface area contributed by atoms with Crippen LogP contribution in [0.1, 0.15) is 39.2 Å². The lowest BCUT2D eigenvalue weighted by Gasteiger charge is -2.22. The largest absolute Gasteiger partial charge is 0.467 e. The van der Waals surface area contributed by atoms with E-state index in [1.165, 1.54) is 0 Å². The fourth-order valence-corrected chi connectivity index (χ4v) is 2.04. The number of ketones is 1. The number of benzene rings is 1. The van der Waals surface area contributed by atoms with Gasteiger partial charge in [0, 0.05) is 6.42 Å². The van der Waals surface area contributed by atoms with E-state index in [1.807, 2.05) is 6.07 Å². The number of carbonyl (C=O) groups is 4. The maximum Gasteiger partial charge on any atom is 0.408 e. The Kier molecular flexibility index (Phi) is 8.44. The van der Waals surface area contributed by atoms with Crippen LogP contribution in [0.15, 0.2) is 30.3 Å². The van der Waals surface area contributed by atoms with E-state index in [0.717, 1.165) is 12.7 Å². The topological polar surface area (TPSA) is 108 Å². The summed E-state index contributed by atoms with van der Waals surface area (Å²) < 4.78 is 14.7. The first-order chi connectivity index (χ1) is 12.6. The third-order valence-electron chi connectivity index (χ3n) is 3.19. The van der Waals surface area contributed by atoms with Crippen molar-refractivity contribution in [2.75, 3.05) is 7.11 Å². The number of nitrogens with one attached hydrogen (secondary N) is 1. The SMILES string of the molecule is COC(=O)C(CC(=O)CC(=O)OCc1ccccc1)NC(=O)OC(C)(C)C. The van der Waals surface area contributed by atoms with Crippen molar-refractivity contribution in [2.24, 2.45) is 0 Å². The molecule has 0 aromatic heterocycles. The van der Waals surface area contributed by atoms with E-state index in [2.05, 4.69) is 10.1 Å². The molecule has 1 N–H and O–H groups in total. The van der Waals surface area contributed by atoms with Gasteiger partial charge in [-0.05, 0) is 26.3 Å². The molecular formula is C19H25NO7. The normalized spacial score (nSPS) is 11.9. The van der Waals surface area contributed by atoms with Crippen LogP contribution in [0.3, 0.4) is 0 Å². The lowest BCUT2D eigenvalue weighted by Crippen LogP contribution is -2.45. The van der Waals surface area contributed by atoms with Gasteiger partial charge in [0.2, 0.25) is 0 Å². The maximum absolute atomic E-state index is 12.1. The molecule has 1 aromatic rings. The number of esters is 2. The van der Waals surface area contributed by atoms with Crippen molar-refractivity contribution in [1.29, 1.82) is 0 Å². The van der Waals surface area contributed by atoms with E-state index < -0.39 is 48.3 Å². The van der Waals surface area contributed by atoms with Crippen molar-refractivity contribution in [3.63, 3.8) is 0 Å². The van der Waals surface area contributed by atoms with Crippen LogP contribution in [0, 0.1) is 0 Å². The summed E-state index contributed by atoms with van der Waals surface area (Å²) in [5.41, 5.74) is 0.0213. The van der Waals surface area contributed by atoms with E-state index in [9.17, 15) is 19.2 Å². The molecule has 1 atom stereocenters. The minimum atomic E-state index is -1.25. The van der Waals surface area contributed by atoms with Gasteiger partial charge in [-0.25, -0.2) is 9.59 Å². The van der Waals surface area contributed by atoms with Gasteiger partial charge in [-0.1, -0.05) is 30.3 Å². The monoisotopic (exact) mass is 379 g/mol. The molecule has 0 aliphatic heterocycles. The first-order valence-corrected chi connectivity index (χ1v) is 8.39. The summed E-state index contributed by atoms with van der Waals surface area (Å²) in [6.45, 7) is 5.03. The second-order valence-corrected chi connectivity index (χ2v) is 6.79. The Labute approximate surface area is 158 Å². The minimum absolute atomic E-state index is 0.0452. The average Bonchev–Trinajstić information content (AvgIpc) is 2.57. The second kappa shape index (κ2) is 10.3. The molecule has 148 valence electrons. The van der Waals surface area contributed by atoms with Crippen molar-refractivity contribution < 1.29 is 33.4 Å². The molecule has 0 saturated heterocycles. The number of hydrogen-bond acceptors (Lipinski definition) is 7. The molecule has 0 fully saturated rings. The van der Waals surface area contributed by atoms with Crippen LogP contribution in [0.2, 0.25) is 0 Å². The van der Waals surface area contributed by atoms with E-state index in [0.29, 0.717) is 0 Å². The first-order valence-electron chi connectivity index (χ1n) is 8.39. The summed E-state index contributed by atoms with van der Waals surface area (Å²) in [6.07, 6.45) is -1.79. The molecule has 1 aromatic carbocycles. The number of alkyl carbamates (subject to hydrolysis) is 1. The number of Topliss-reactive ketones (excluding diaryl/α,β-unsaturated/α-hetero) is 1. The number of rotatable bonds is 8. The highest BCUT2D eigenvalue weighted by molar-refractivity contribution is 5.98. The van der Waals surface area contributed by atoms with E-state index >= 15 is 0 Å². The number of amides is 1. The summed E-state index contributed by atoms with van der Waals surface area (Å²) in [5.74, 6) is -2.10. The van der Waals surface area contributed by atoms with Crippen molar-refractivity contribution in [2.45, 2.75) is 51.9 Å². The number of carbonyl (C=O) groups excluding carboxylic acids is 4. The maximum atomic E-state index is 12.1. The molecule has 1 amide bonds. The Balaban J connectivity index is 2.53. The third kappa shape index (κ3) is 9.39. The minimum Gasteiger partial charge on any atom is -0.467 e. The van der Waals surface area contributed by atoms with Crippen molar-refractivity contribution in [3.05, 3.63) is 35.9 Å². The van der Waals surface area contributed by atoms with Crippen LogP contribution >= 0.6 is 0 Å². The Hall–Kier alpha value is -2.90. The van der Waals surface area contributed by atoms with Gasteiger partial charge >= 0.3 is 18.0 Å². The second-order valence-electron chi connectivity index (χ2n) is 6.79. The molecule has 0 radical (unpaired) electrons. The zero-order valence-electron chi connectivity index (χ0n) is 15.9. The molecule has 0 heterocycles. The third-order valence-corrected chi connectivity index (χ3v) is 3.19. The number of methoxy groups -OCH3 is 1. The summed E-state index contributed by atoms with van der Waals surface area (Å²) in [6, 6.07) is 7.76. The zero-order valence-corrected chi connectivity index (χ0v) is 15.9. The molecule has 1 rings (SSSR count). The smallest absolute Gasteiger partial charge is 0.408 e. The molecule has 0 bridgehead atoms. The van der Waals surface area contributed by atoms with Gasteiger partial charge in [-0.3, -0.25) is 9.59 Å². The highest BCUT2D eigenvalue weighted by Crippen LogP contribution is 2.09. The highest BCUT2D eigenvalue weighted by Gasteiger charge is 2.28. The van der Waals surface area contributed by atoms with Crippen molar-refractivity contribution >= 4 is 23.8 Å². The van der Waals surface area contributed by atoms with Gasteiger partial charge < -0.3 is 19.5 Å². The molecule has 0 saturated carbocycles. The Morgan fingerprint density at radius 2 is 1.70 bits per heavy atom. The predicted octanol–water partition coefficient (Wildman–Crippen LogP) is 2.15. The first kappa shape index (κ1) is 22.1. The molecule has 0 spiro atoms. The Morgan fingerprint density at radius 1 is 1.07 bits per heavy atom. The Bertz CT molecular complexity index is 664. The van der Waals surface area contributed by atoms with Crippen LogP contribution in [0.4, 0.5) is 4.79 Å². The summed E-state index contributed by atoms with van der Waals surface area (Å²) in [4.78, 5) is 47.4. The fourth-order valence-electron chi connectivity index (χ4n) is 2.04. The fraction of sp³-hybridized carbons (Fsp3) is 0.474. The van der Waals surface area contributed by atoms with Crippen LogP contribution in [-0.4, -0.2) is 42.6 Å². The van der Waals surface area contributed by atoms with E-state index in [1.54, 1.807) is 45.0 Å². The zero-order chi connectivity index (χ0) is 20.4. The van der Waals surface area contributed by atoms with Crippen LogP contribution in [0.5, 0.6) is 0 Å². The Morgan fingerprint density at radius 3 is 2.26 bits per heavy atom. The molecule has 8 heteroatoms. The van der Waals surface area contributed by atoms with Gasteiger partial charge in [0.05, 0.1) is 7.11 Å². The molecule has 8 nitrogen and oxygen atoms in total. The van der Waals surface area contributed by atoms with Gasteiger partial charge in [-0.15, -0.1) is 0 Å². The van der Waals surface area contributed by atoms with Gasteiger partial charge in [0.15, 0.2) is 0 Å². The van der Waals surface area contributed by atoms with Crippen LogP contribution in [-0.2, 0) is 35.2 Å². The van der Waals surface area contributed by atoms with Gasteiger partial charge in [-0.2, -0.15) is 0 Å². The quantitative estimate of drug-likeness (QED) is 0.419. The van der Waals surface area contributed by atoms with Gasteiger partial charge in [0.25, 0.3) is 0 Å². The van der Waals surface area contributed by atoms with E-state index in [4.69, 9.17) is 9.47 Å². The lowest BCUT2D eigenvalue weighted by atomic mass is 10.1. The summed E-state index contributed by atoms with van der Waals surface area (Å²) in [7, 11) is 1.13. The molecule has 1 unspecified atom stereocenters. The van der Waals surface area contributed by atoms with Crippen LogP contribution < -0.4 is 5.32 Å². The average molecular weight is 379 g/mol. The van der Waals surface area contributed by atoms with Crippen molar-refractivity contribution in [3.8, 4) is 0 Å². The molecule has 0 aliphatic carbocycles. The van der Waals surface area contributed by atoms with Crippen molar-refractivity contribution in [1.82, 2.24) is 5.32 Å². The lowest BCUT2D eigenvalue weighted by molar-refractivity contribution is -0.149. The summed E-state index contributed by atoms with van der Waals surface area (Å²) >= 11 is 0. The highest BCUT2D eigenvalue weighted by atomic mass is 16.6. The van der Waals surface area contributed by atoms with Gasteiger partial charge in [0.1, 0.15) is 30.5 Å².